The molecule has 0 radical (unpaired) electrons. The second kappa shape index (κ2) is 6.44. The first-order valence-electron chi connectivity index (χ1n) is 8.24. The molecule has 1 unspecified atom stereocenters. The van der Waals surface area contributed by atoms with Crippen molar-refractivity contribution in [1.29, 1.82) is 0 Å². The second-order valence-corrected chi connectivity index (χ2v) is 7.49. The number of nitrogens with two attached hydrogens (primary N) is 1. The minimum atomic E-state index is -0.500. The molecule has 2 aliphatic rings. The summed E-state index contributed by atoms with van der Waals surface area (Å²) >= 11 is 0. The van der Waals surface area contributed by atoms with Crippen molar-refractivity contribution in [3.8, 4) is 0 Å². The van der Waals surface area contributed by atoms with Crippen LogP contribution in [0.1, 0.15) is 53.4 Å². The van der Waals surface area contributed by atoms with E-state index in [-0.39, 0.29) is 24.1 Å². The normalized spacial score (nSPS) is 23.9. The van der Waals surface area contributed by atoms with E-state index in [1.165, 1.54) is 0 Å². The smallest absolute Gasteiger partial charge is 0.410 e. The number of amides is 2. The highest BCUT2D eigenvalue weighted by atomic mass is 16.6. The number of hydrogen-bond acceptors (Lipinski definition) is 4. The van der Waals surface area contributed by atoms with Gasteiger partial charge in [-0.1, -0.05) is 0 Å². The molecule has 2 rings (SSSR count). The molecule has 1 saturated carbocycles. The second-order valence-electron chi connectivity index (χ2n) is 7.49. The molecule has 22 heavy (non-hydrogen) atoms. The van der Waals surface area contributed by atoms with Gasteiger partial charge in [0.1, 0.15) is 5.60 Å². The van der Waals surface area contributed by atoms with Gasteiger partial charge in [0, 0.05) is 19.1 Å². The van der Waals surface area contributed by atoms with Crippen LogP contribution in [-0.2, 0) is 9.53 Å². The van der Waals surface area contributed by atoms with Gasteiger partial charge in [0.2, 0.25) is 5.91 Å². The van der Waals surface area contributed by atoms with Gasteiger partial charge in [-0.2, -0.15) is 0 Å². The lowest BCUT2D eigenvalue weighted by Gasteiger charge is -2.40. The van der Waals surface area contributed by atoms with E-state index in [4.69, 9.17) is 10.5 Å². The van der Waals surface area contributed by atoms with Crippen molar-refractivity contribution < 1.29 is 14.3 Å². The number of hydrogen-bond donors (Lipinski definition) is 1. The summed E-state index contributed by atoms with van der Waals surface area (Å²) in [5.74, 6) is -0.0374. The van der Waals surface area contributed by atoms with Crippen molar-refractivity contribution in [3.05, 3.63) is 0 Å². The maximum atomic E-state index is 12.5. The fraction of sp³-hybridized carbons (Fsp3) is 0.875. The number of rotatable bonds is 3. The van der Waals surface area contributed by atoms with E-state index in [1.54, 1.807) is 11.8 Å². The van der Waals surface area contributed by atoms with Crippen LogP contribution < -0.4 is 5.73 Å². The Morgan fingerprint density at radius 1 is 1.23 bits per heavy atom. The van der Waals surface area contributed by atoms with E-state index in [2.05, 4.69) is 0 Å². The average Bonchev–Trinajstić information content (AvgIpc) is 3.20. The molecule has 2 fully saturated rings. The fourth-order valence-corrected chi connectivity index (χ4v) is 2.93. The molecular weight excluding hydrogens is 282 g/mol. The van der Waals surface area contributed by atoms with E-state index in [9.17, 15) is 9.59 Å². The third-order valence-corrected chi connectivity index (χ3v) is 4.04. The predicted molar refractivity (Wildman–Crippen MR) is 84.3 cm³/mol. The summed E-state index contributed by atoms with van der Waals surface area (Å²) in [7, 11) is 0. The van der Waals surface area contributed by atoms with Gasteiger partial charge in [-0.15, -0.1) is 0 Å². The Bertz CT molecular complexity index is 427. The molecule has 0 spiro atoms. The van der Waals surface area contributed by atoms with Crippen molar-refractivity contribution in [3.63, 3.8) is 0 Å². The van der Waals surface area contributed by atoms with Crippen molar-refractivity contribution >= 4 is 12.0 Å². The lowest BCUT2D eigenvalue weighted by molar-refractivity contribution is -0.134. The Balaban J connectivity index is 2.05. The number of piperidine rings is 1. The van der Waals surface area contributed by atoms with Gasteiger partial charge in [-0.25, -0.2) is 4.79 Å². The maximum Gasteiger partial charge on any atom is 0.410 e. The molecule has 1 saturated heterocycles. The SMILES string of the molecule is C[C@H](N)C(=O)N1CCCC(N(C(=O)OC(C)(C)C)C2CC2)C1. The van der Waals surface area contributed by atoms with Gasteiger partial charge in [0.05, 0.1) is 12.1 Å². The maximum absolute atomic E-state index is 12.5. The topological polar surface area (TPSA) is 75.9 Å². The van der Waals surface area contributed by atoms with Gasteiger partial charge < -0.3 is 20.3 Å². The molecule has 126 valence electrons. The summed E-state index contributed by atoms with van der Waals surface area (Å²) in [6, 6.07) is -0.182. The van der Waals surface area contributed by atoms with E-state index in [0.717, 1.165) is 32.2 Å². The van der Waals surface area contributed by atoms with Gasteiger partial charge in [-0.3, -0.25) is 4.79 Å². The Morgan fingerprint density at radius 3 is 2.36 bits per heavy atom. The zero-order valence-electron chi connectivity index (χ0n) is 14.2. The van der Waals surface area contributed by atoms with E-state index < -0.39 is 11.6 Å². The van der Waals surface area contributed by atoms with Crippen LogP contribution >= 0.6 is 0 Å². The largest absolute Gasteiger partial charge is 0.444 e. The average molecular weight is 311 g/mol. The molecule has 0 aromatic carbocycles. The number of likely N-dealkylation sites (tertiary alicyclic amines) is 1. The van der Waals surface area contributed by atoms with E-state index in [1.807, 2.05) is 25.7 Å². The minimum Gasteiger partial charge on any atom is -0.444 e. The first kappa shape index (κ1) is 17.1. The van der Waals surface area contributed by atoms with Crippen molar-refractivity contribution in [1.82, 2.24) is 9.80 Å². The minimum absolute atomic E-state index is 0.0374. The molecule has 1 aliphatic heterocycles. The number of carbonyl (C=O) groups excluding carboxylic acids is 2. The van der Waals surface area contributed by atoms with Crippen LogP contribution in [0.3, 0.4) is 0 Å². The van der Waals surface area contributed by atoms with Crippen LogP contribution in [0, 0.1) is 0 Å². The van der Waals surface area contributed by atoms with Gasteiger partial charge in [0.15, 0.2) is 0 Å². The molecule has 2 atom stereocenters. The molecule has 2 amide bonds. The summed E-state index contributed by atoms with van der Waals surface area (Å²) in [4.78, 5) is 28.3. The molecule has 0 bridgehead atoms. The lowest BCUT2D eigenvalue weighted by atomic mass is 10.0. The Hall–Kier alpha value is -1.30. The van der Waals surface area contributed by atoms with Gasteiger partial charge >= 0.3 is 6.09 Å². The highest BCUT2D eigenvalue weighted by Gasteiger charge is 2.41. The van der Waals surface area contributed by atoms with E-state index in [0.29, 0.717) is 6.54 Å². The lowest BCUT2D eigenvalue weighted by Crippen LogP contribution is -2.55. The number of carbonyl (C=O) groups is 2. The van der Waals surface area contributed by atoms with Crippen molar-refractivity contribution in [2.75, 3.05) is 13.1 Å². The predicted octanol–water partition coefficient (Wildman–Crippen LogP) is 1.72. The van der Waals surface area contributed by atoms with Crippen LogP contribution in [0.25, 0.3) is 0 Å². The molecule has 2 N–H and O–H groups in total. The van der Waals surface area contributed by atoms with Crippen LogP contribution in [0.15, 0.2) is 0 Å². The van der Waals surface area contributed by atoms with Gasteiger partial charge in [-0.05, 0) is 53.4 Å². The molecule has 0 aromatic rings. The molecule has 1 aliphatic carbocycles. The first-order valence-corrected chi connectivity index (χ1v) is 8.24. The molecule has 0 aromatic heterocycles. The van der Waals surface area contributed by atoms with Crippen LogP contribution in [-0.4, -0.2) is 58.6 Å². The van der Waals surface area contributed by atoms with E-state index >= 15 is 0 Å². The summed E-state index contributed by atoms with van der Waals surface area (Å²) in [6.45, 7) is 8.63. The Morgan fingerprint density at radius 2 is 1.86 bits per heavy atom. The Kier molecular flexibility index (Phi) is 5.00. The quantitative estimate of drug-likeness (QED) is 0.861. The molecular formula is C16H29N3O3. The number of nitrogens with zero attached hydrogens (tertiary/aromatic N) is 2. The van der Waals surface area contributed by atoms with Gasteiger partial charge in [0.25, 0.3) is 0 Å². The monoisotopic (exact) mass is 311 g/mol. The number of ether oxygens (including phenoxy) is 1. The van der Waals surface area contributed by atoms with Crippen molar-refractivity contribution in [2.24, 2.45) is 5.73 Å². The summed E-state index contributed by atoms with van der Waals surface area (Å²) in [5.41, 5.74) is 5.21. The van der Waals surface area contributed by atoms with Crippen LogP contribution in [0.2, 0.25) is 0 Å². The van der Waals surface area contributed by atoms with Crippen LogP contribution in [0.4, 0.5) is 4.79 Å². The highest BCUT2D eigenvalue weighted by molar-refractivity contribution is 5.81. The zero-order chi connectivity index (χ0) is 16.5. The standard InChI is InChI=1S/C16H29N3O3/c1-11(17)14(20)18-9-5-6-13(10-18)19(12-7-8-12)15(21)22-16(2,3)4/h11-13H,5-10,17H2,1-4H3/t11-,13?/m0/s1. The summed E-state index contributed by atoms with van der Waals surface area (Å²) < 4.78 is 5.56. The third kappa shape index (κ3) is 4.35. The highest BCUT2D eigenvalue weighted by Crippen LogP contribution is 2.32. The first-order chi connectivity index (χ1) is 10.2. The third-order valence-electron chi connectivity index (χ3n) is 4.04. The summed E-state index contributed by atoms with van der Waals surface area (Å²) in [5, 5.41) is 0. The zero-order valence-corrected chi connectivity index (χ0v) is 14.2. The molecule has 6 nitrogen and oxygen atoms in total. The molecule has 1 heterocycles. The summed E-state index contributed by atoms with van der Waals surface area (Å²) in [6.07, 6.45) is 3.61. The fourth-order valence-electron chi connectivity index (χ4n) is 2.93. The van der Waals surface area contributed by atoms with Crippen molar-refractivity contribution in [2.45, 2.75) is 77.1 Å². The Labute approximate surface area is 132 Å². The molecule has 6 heteroatoms. The van der Waals surface area contributed by atoms with Crippen LogP contribution in [0.5, 0.6) is 0 Å².